The van der Waals surface area contributed by atoms with E-state index in [1.807, 2.05) is 0 Å². The van der Waals surface area contributed by atoms with Crippen LogP contribution in [0.3, 0.4) is 0 Å². The quantitative estimate of drug-likeness (QED) is 0.135. The summed E-state index contributed by atoms with van der Waals surface area (Å²) in [4.78, 5) is 45.4. The van der Waals surface area contributed by atoms with Crippen molar-refractivity contribution in [1.82, 2.24) is 0 Å². The monoisotopic (exact) mass is 668 g/mol. The van der Waals surface area contributed by atoms with Crippen LogP contribution in [-0.4, -0.2) is 40.5 Å². The molecule has 2 aromatic rings. The second kappa shape index (κ2) is 17.9. The Kier molecular flexibility index (Phi) is 14.9. The topological polar surface area (TPSA) is 116 Å². The molecule has 0 bridgehead atoms. The summed E-state index contributed by atoms with van der Waals surface area (Å²) in [7, 11) is 0. The van der Waals surface area contributed by atoms with Crippen LogP contribution in [0, 0.1) is 22.7 Å². The zero-order chi connectivity index (χ0) is 35.4. The van der Waals surface area contributed by atoms with Crippen molar-refractivity contribution in [2.45, 2.75) is 92.3 Å². The van der Waals surface area contributed by atoms with Gasteiger partial charge in [0, 0.05) is 6.08 Å². The molecule has 4 atom stereocenters. The fourth-order valence-corrected chi connectivity index (χ4v) is 6.65. The van der Waals surface area contributed by atoms with Gasteiger partial charge in [0.25, 0.3) is 0 Å². The molecule has 2 aliphatic carbocycles. The molecule has 256 valence electrons. The predicted octanol–water partition coefficient (Wildman–Crippen LogP) is 8.85. The highest BCUT2D eigenvalue weighted by molar-refractivity contribution is 6.66. The minimum Gasteiger partial charge on any atom is -0.507 e. The van der Waals surface area contributed by atoms with Crippen LogP contribution in [0.15, 0.2) is 73.8 Å². The Balaban J connectivity index is 0.000000290. The second-order valence-corrected chi connectivity index (χ2v) is 14.4. The molecular formula is C38H49ClO8. The Morgan fingerprint density at radius 1 is 0.745 bits per heavy atom. The van der Waals surface area contributed by atoms with Gasteiger partial charge >= 0.3 is 17.9 Å². The van der Waals surface area contributed by atoms with E-state index < -0.39 is 23.2 Å². The number of ether oxygens (including phenoxy) is 3. The first kappa shape index (κ1) is 39.3. The number of halogens is 1. The van der Waals surface area contributed by atoms with Crippen molar-refractivity contribution in [3.8, 4) is 11.5 Å². The van der Waals surface area contributed by atoms with E-state index in [1.54, 1.807) is 42.5 Å². The molecule has 4 rings (SSSR count). The summed E-state index contributed by atoms with van der Waals surface area (Å²) in [6, 6.07) is 13.1. The van der Waals surface area contributed by atoms with Gasteiger partial charge in [-0.3, -0.25) is 4.79 Å². The molecule has 0 saturated heterocycles. The van der Waals surface area contributed by atoms with Crippen molar-refractivity contribution in [2.75, 3.05) is 0 Å². The van der Waals surface area contributed by atoms with E-state index >= 15 is 0 Å². The lowest BCUT2D eigenvalue weighted by molar-refractivity contribution is -0.129. The van der Waals surface area contributed by atoms with Gasteiger partial charge < -0.3 is 19.3 Å². The van der Waals surface area contributed by atoms with Gasteiger partial charge in [-0.05, 0) is 103 Å². The van der Waals surface area contributed by atoms with Crippen molar-refractivity contribution in [3.05, 3.63) is 85.0 Å². The third kappa shape index (κ3) is 13.8. The molecule has 2 saturated carbocycles. The van der Waals surface area contributed by atoms with Gasteiger partial charge in [-0.25, -0.2) is 14.4 Å². The molecule has 2 fully saturated rings. The van der Waals surface area contributed by atoms with Crippen molar-refractivity contribution in [1.29, 1.82) is 0 Å². The third-order valence-corrected chi connectivity index (χ3v) is 8.16. The summed E-state index contributed by atoms with van der Waals surface area (Å²) >= 11 is 4.71. The summed E-state index contributed by atoms with van der Waals surface area (Å²) in [5.41, 5.74) is 0.885. The maximum absolute atomic E-state index is 12.5. The lowest BCUT2D eigenvalue weighted by Gasteiger charge is -2.38. The molecule has 9 heteroatoms. The zero-order valence-electron chi connectivity index (χ0n) is 28.4. The number of phenols is 1. The first-order valence-electron chi connectivity index (χ1n) is 15.9. The molecular weight excluding hydrogens is 620 g/mol. The van der Waals surface area contributed by atoms with E-state index in [2.05, 4.69) is 54.7 Å². The van der Waals surface area contributed by atoms with Crippen molar-refractivity contribution in [2.24, 2.45) is 22.7 Å². The number of carbonyl (C=O) groups is 4. The first-order valence-corrected chi connectivity index (χ1v) is 16.3. The zero-order valence-corrected chi connectivity index (χ0v) is 29.2. The lowest BCUT2D eigenvalue weighted by atomic mass is 9.71. The molecule has 0 amide bonds. The Morgan fingerprint density at radius 2 is 1.17 bits per heavy atom. The number of phenolic OH excluding ortho intramolecular Hbond substituents is 1. The highest BCUT2D eigenvalue weighted by atomic mass is 35.5. The van der Waals surface area contributed by atoms with Crippen LogP contribution in [-0.2, 0) is 19.1 Å². The molecule has 0 aromatic heterocycles. The summed E-state index contributed by atoms with van der Waals surface area (Å²) in [6.07, 6.45) is 7.75. The van der Waals surface area contributed by atoms with Crippen LogP contribution >= 0.6 is 11.6 Å². The fourth-order valence-electron chi connectivity index (χ4n) is 6.65. The van der Waals surface area contributed by atoms with E-state index in [0.29, 0.717) is 11.8 Å². The van der Waals surface area contributed by atoms with E-state index in [0.717, 1.165) is 50.7 Å². The Hall–Kier alpha value is -3.91. The van der Waals surface area contributed by atoms with Gasteiger partial charge in [0.2, 0.25) is 5.24 Å². The van der Waals surface area contributed by atoms with E-state index in [-0.39, 0.29) is 45.7 Å². The maximum atomic E-state index is 12.5. The minimum absolute atomic E-state index is 0.0179. The number of aromatic hydroxyl groups is 1. The SMILES string of the molecule is C=CC(=O)Cl.C=CC(=O)Oc1ccccc1C(=O)OC1CC(C)CC(C)(C)C1.CC1CC(OC(=O)c2ccccc2O)CC(C)(C)C1. The van der Waals surface area contributed by atoms with Gasteiger partial charge in [0.05, 0.1) is 0 Å². The van der Waals surface area contributed by atoms with Crippen LogP contribution in [0.1, 0.15) is 101 Å². The predicted molar refractivity (Wildman–Crippen MR) is 183 cm³/mol. The molecule has 0 spiro atoms. The van der Waals surface area contributed by atoms with Crippen LogP contribution < -0.4 is 4.74 Å². The van der Waals surface area contributed by atoms with Gasteiger partial charge in [-0.1, -0.05) is 79.0 Å². The Labute approximate surface area is 284 Å². The number of carbonyl (C=O) groups excluding carboxylic acids is 4. The molecule has 4 unspecified atom stereocenters. The van der Waals surface area contributed by atoms with Gasteiger partial charge in [-0.15, -0.1) is 0 Å². The molecule has 1 N–H and O–H groups in total. The average Bonchev–Trinajstić information content (AvgIpc) is 2.96. The molecule has 2 aromatic carbocycles. The standard InChI is InChI=1S/C19H24O4.C16H22O3.C3H3ClO/c1-5-17(20)23-16-9-7-6-8-15(16)18(21)22-14-10-13(2)11-19(3,4)12-14;1-11-8-12(10-16(2,3)9-11)19-15(18)13-6-4-5-7-14(13)17;1-2-3(4)5/h5-9,13-14H,1,10-12H2,2-4H3;4-7,11-12,17H,8-10H2,1-3H3;2H,1H2. The van der Waals surface area contributed by atoms with Gasteiger partial charge in [0.15, 0.2) is 0 Å². The summed E-state index contributed by atoms with van der Waals surface area (Å²) < 4.78 is 16.4. The van der Waals surface area contributed by atoms with Crippen LogP contribution in [0.25, 0.3) is 0 Å². The smallest absolute Gasteiger partial charge is 0.342 e. The molecule has 8 nitrogen and oxygen atoms in total. The van der Waals surface area contributed by atoms with Crippen LogP contribution in [0.4, 0.5) is 0 Å². The van der Waals surface area contributed by atoms with E-state index in [4.69, 9.17) is 25.8 Å². The van der Waals surface area contributed by atoms with Crippen LogP contribution in [0.5, 0.6) is 11.5 Å². The third-order valence-electron chi connectivity index (χ3n) is 8.01. The number of hydrogen-bond acceptors (Lipinski definition) is 8. The molecule has 0 aliphatic heterocycles. The second-order valence-electron chi connectivity index (χ2n) is 14.0. The fraction of sp³-hybridized carbons (Fsp3) is 0.474. The number of hydrogen-bond donors (Lipinski definition) is 1. The Morgan fingerprint density at radius 3 is 1.60 bits per heavy atom. The number of rotatable bonds is 7. The normalized spacial score (nSPS) is 22.4. The highest BCUT2D eigenvalue weighted by Crippen LogP contribution is 2.41. The summed E-state index contributed by atoms with van der Waals surface area (Å²) in [6.45, 7) is 19.6. The minimum atomic E-state index is -0.599. The lowest BCUT2D eigenvalue weighted by Crippen LogP contribution is -2.34. The average molecular weight is 669 g/mol. The van der Waals surface area contributed by atoms with Crippen molar-refractivity contribution < 1.29 is 38.5 Å². The number of esters is 3. The molecule has 0 radical (unpaired) electrons. The van der Waals surface area contributed by atoms with Crippen molar-refractivity contribution in [3.63, 3.8) is 0 Å². The molecule has 47 heavy (non-hydrogen) atoms. The van der Waals surface area contributed by atoms with E-state index in [1.165, 1.54) is 6.07 Å². The molecule has 2 aliphatic rings. The highest BCUT2D eigenvalue weighted by Gasteiger charge is 2.35. The van der Waals surface area contributed by atoms with Crippen LogP contribution in [0.2, 0.25) is 0 Å². The maximum Gasteiger partial charge on any atom is 0.342 e. The summed E-state index contributed by atoms with van der Waals surface area (Å²) in [5, 5.41) is 9.15. The number of benzene rings is 2. The van der Waals surface area contributed by atoms with Gasteiger partial charge in [0.1, 0.15) is 34.8 Å². The van der Waals surface area contributed by atoms with Crippen molar-refractivity contribution >= 4 is 34.8 Å². The Bertz CT molecular complexity index is 1410. The first-order chi connectivity index (χ1) is 21.9. The number of para-hydroxylation sites is 2. The van der Waals surface area contributed by atoms with Gasteiger partial charge in [-0.2, -0.15) is 0 Å². The molecule has 0 heterocycles. The van der Waals surface area contributed by atoms with E-state index in [9.17, 15) is 24.3 Å². The summed E-state index contributed by atoms with van der Waals surface area (Å²) in [5.74, 6) is -0.213. The largest absolute Gasteiger partial charge is 0.507 e. The number of allylic oxidation sites excluding steroid dienone is 1.